The van der Waals surface area contributed by atoms with E-state index in [-0.39, 0.29) is 36.1 Å². The maximum absolute atomic E-state index is 13.8. The molecule has 0 saturated heterocycles. The molecule has 1 aromatic carbocycles. The molecule has 37 heavy (non-hydrogen) atoms. The summed E-state index contributed by atoms with van der Waals surface area (Å²) in [5.74, 6) is -0.791. The number of amides is 2. The Balaban J connectivity index is 3.30. The number of nitrogens with one attached hydrogen (secondary N) is 2. The zero-order valence-corrected chi connectivity index (χ0v) is 24.4. The van der Waals surface area contributed by atoms with Crippen LogP contribution < -0.4 is 10.6 Å². The van der Waals surface area contributed by atoms with Gasteiger partial charge in [0, 0.05) is 18.0 Å². The zero-order valence-electron chi connectivity index (χ0n) is 24.4. The summed E-state index contributed by atoms with van der Waals surface area (Å²) in [4.78, 5) is 41.3. The first-order valence-electron chi connectivity index (χ1n) is 12.9. The van der Waals surface area contributed by atoms with Gasteiger partial charge in [0.25, 0.3) is 0 Å². The summed E-state index contributed by atoms with van der Waals surface area (Å²) in [5, 5.41) is 15.8. The lowest BCUT2D eigenvalue weighted by Crippen LogP contribution is -2.61. The number of benzene rings is 1. The highest BCUT2D eigenvalue weighted by Gasteiger charge is 2.41. The molecule has 1 aromatic rings. The van der Waals surface area contributed by atoms with Crippen molar-refractivity contribution in [3.05, 3.63) is 41.5 Å². The lowest BCUT2D eigenvalue weighted by Gasteiger charge is -2.40. The van der Waals surface area contributed by atoms with Crippen molar-refractivity contribution in [2.45, 2.75) is 85.9 Å². The monoisotopic (exact) mass is 517 g/mol. The Morgan fingerprint density at radius 3 is 2.03 bits per heavy atom. The first-order valence-corrected chi connectivity index (χ1v) is 12.9. The van der Waals surface area contributed by atoms with E-state index in [1.807, 2.05) is 48.5 Å². The molecule has 0 saturated carbocycles. The van der Waals surface area contributed by atoms with Crippen molar-refractivity contribution in [3.63, 3.8) is 0 Å². The van der Waals surface area contributed by atoms with Crippen LogP contribution in [0.5, 0.6) is 5.75 Å². The Hall–Kier alpha value is -2.87. The Kier molecular flexibility index (Phi) is 11.4. The molecule has 208 valence electrons. The van der Waals surface area contributed by atoms with E-state index in [0.29, 0.717) is 5.57 Å². The predicted molar refractivity (Wildman–Crippen MR) is 147 cm³/mol. The SMILES string of the molecule is CCOC(=O)/C(C)=C/[C@H](C(C)C)N(C)C(=O)C(NC(=O)C(NC)C(C)(C)c1ccc(O)cc1)C(C)(C)C. The molecule has 0 aliphatic rings. The van der Waals surface area contributed by atoms with Crippen LogP contribution in [0, 0.1) is 11.3 Å². The third-order valence-electron chi connectivity index (χ3n) is 6.78. The number of esters is 1. The van der Waals surface area contributed by atoms with Crippen LogP contribution in [0.2, 0.25) is 0 Å². The fraction of sp³-hybridized carbons (Fsp3) is 0.621. The molecular formula is C29H47N3O5. The Labute approximate surface area is 222 Å². The van der Waals surface area contributed by atoms with E-state index in [1.165, 1.54) is 0 Å². The van der Waals surface area contributed by atoms with E-state index < -0.39 is 28.9 Å². The van der Waals surface area contributed by atoms with Crippen molar-refractivity contribution < 1.29 is 24.2 Å². The van der Waals surface area contributed by atoms with Gasteiger partial charge in [-0.15, -0.1) is 0 Å². The number of phenols is 1. The summed E-state index contributed by atoms with van der Waals surface area (Å²) in [6.45, 7) is 17.3. The lowest BCUT2D eigenvalue weighted by atomic mass is 9.76. The molecule has 0 bridgehead atoms. The standard InChI is InChI=1S/C29H47N3O5/c1-12-37-27(36)19(4)17-22(18(2)3)32(11)26(35)24(28(5,6)7)31-25(34)23(30-10)29(8,9)20-13-15-21(33)16-14-20/h13-18,22-24,30,33H,12H2,1-11H3,(H,31,34)/b19-17+/t22-,23?,24?/m1/s1. The molecule has 3 atom stereocenters. The normalized spacial score (nSPS) is 15.1. The van der Waals surface area contributed by atoms with Crippen LogP contribution in [0.25, 0.3) is 0 Å². The second-order valence-electron chi connectivity index (χ2n) is 11.6. The van der Waals surface area contributed by atoms with Gasteiger partial charge in [0.15, 0.2) is 0 Å². The van der Waals surface area contributed by atoms with Crippen molar-refractivity contribution in [2.75, 3.05) is 20.7 Å². The van der Waals surface area contributed by atoms with Crippen LogP contribution in [0.15, 0.2) is 35.9 Å². The van der Waals surface area contributed by atoms with Gasteiger partial charge in [-0.25, -0.2) is 4.79 Å². The van der Waals surface area contributed by atoms with Gasteiger partial charge in [-0.2, -0.15) is 0 Å². The fourth-order valence-electron chi connectivity index (χ4n) is 4.42. The van der Waals surface area contributed by atoms with Crippen molar-refractivity contribution in [2.24, 2.45) is 11.3 Å². The van der Waals surface area contributed by atoms with Crippen molar-refractivity contribution in [1.29, 1.82) is 0 Å². The number of carbonyl (C=O) groups is 3. The van der Waals surface area contributed by atoms with E-state index in [0.717, 1.165) is 5.56 Å². The average molecular weight is 518 g/mol. The summed E-state index contributed by atoms with van der Waals surface area (Å²) in [5.41, 5.74) is 0.0882. The van der Waals surface area contributed by atoms with E-state index >= 15 is 0 Å². The van der Waals surface area contributed by atoms with Crippen LogP contribution in [-0.4, -0.2) is 66.6 Å². The maximum Gasteiger partial charge on any atom is 0.333 e. The highest BCUT2D eigenvalue weighted by Crippen LogP contribution is 2.30. The van der Waals surface area contributed by atoms with Gasteiger partial charge in [-0.1, -0.05) is 66.7 Å². The number of ether oxygens (including phenoxy) is 1. The topological polar surface area (TPSA) is 108 Å². The molecule has 8 nitrogen and oxygen atoms in total. The second kappa shape index (κ2) is 13.1. The maximum atomic E-state index is 13.8. The molecule has 3 N–H and O–H groups in total. The summed E-state index contributed by atoms with van der Waals surface area (Å²) in [6, 6.07) is 4.94. The number of carbonyl (C=O) groups excluding carboxylic acids is 3. The minimum Gasteiger partial charge on any atom is -0.508 e. The van der Waals surface area contributed by atoms with Crippen LogP contribution in [0.4, 0.5) is 0 Å². The second-order valence-corrected chi connectivity index (χ2v) is 11.6. The molecule has 1 rings (SSSR count). The summed E-state index contributed by atoms with van der Waals surface area (Å²) < 4.78 is 5.10. The molecule has 0 aliphatic heterocycles. The molecular weight excluding hydrogens is 470 g/mol. The minimum absolute atomic E-state index is 0.0214. The van der Waals surface area contributed by atoms with E-state index in [4.69, 9.17) is 4.74 Å². The van der Waals surface area contributed by atoms with Crippen molar-refractivity contribution in [3.8, 4) is 5.75 Å². The molecule has 0 spiro atoms. The lowest BCUT2D eigenvalue weighted by molar-refractivity contribution is -0.141. The van der Waals surface area contributed by atoms with Gasteiger partial charge < -0.3 is 25.4 Å². The number of likely N-dealkylation sites (N-methyl/N-ethyl adjacent to an activating group) is 2. The quantitative estimate of drug-likeness (QED) is 0.305. The molecule has 2 unspecified atom stereocenters. The molecule has 0 aromatic heterocycles. The largest absolute Gasteiger partial charge is 0.508 e. The third kappa shape index (κ3) is 8.32. The number of aromatic hydroxyl groups is 1. The van der Waals surface area contributed by atoms with E-state index in [9.17, 15) is 19.5 Å². The smallest absolute Gasteiger partial charge is 0.333 e. The molecule has 0 aliphatic carbocycles. The van der Waals surface area contributed by atoms with Crippen LogP contribution in [0.1, 0.15) is 67.9 Å². The van der Waals surface area contributed by atoms with Crippen LogP contribution in [-0.2, 0) is 24.5 Å². The fourth-order valence-corrected chi connectivity index (χ4v) is 4.42. The third-order valence-corrected chi connectivity index (χ3v) is 6.78. The summed E-state index contributed by atoms with van der Waals surface area (Å²) in [7, 11) is 3.41. The number of phenolic OH excluding ortho intramolecular Hbond substituents is 1. The van der Waals surface area contributed by atoms with Gasteiger partial charge in [-0.05, 0) is 49.9 Å². The highest BCUT2D eigenvalue weighted by molar-refractivity contribution is 5.92. The molecule has 2 amide bonds. The predicted octanol–water partition coefficient (Wildman–Crippen LogP) is 3.78. The minimum atomic E-state index is -0.811. The Morgan fingerprint density at radius 1 is 1.05 bits per heavy atom. The van der Waals surface area contributed by atoms with E-state index in [1.54, 1.807) is 63.2 Å². The first-order chi connectivity index (χ1) is 17.0. The van der Waals surface area contributed by atoms with Gasteiger partial charge in [0.05, 0.1) is 18.7 Å². The summed E-state index contributed by atoms with van der Waals surface area (Å²) in [6.07, 6.45) is 1.76. The molecule has 8 heteroatoms. The number of nitrogens with zero attached hydrogens (tertiary/aromatic N) is 1. The zero-order chi connectivity index (χ0) is 28.7. The Morgan fingerprint density at radius 2 is 1.59 bits per heavy atom. The average Bonchev–Trinajstić information content (AvgIpc) is 2.79. The van der Waals surface area contributed by atoms with Gasteiger partial charge in [0.2, 0.25) is 11.8 Å². The van der Waals surface area contributed by atoms with E-state index in [2.05, 4.69) is 10.6 Å². The number of rotatable bonds is 11. The number of hydrogen-bond acceptors (Lipinski definition) is 6. The van der Waals surface area contributed by atoms with Crippen LogP contribution >= 0.6 is 0 Å². The van der Waals surface area contributed by atoms with Gasteiger partial charge in [-0.3, -0.25) is 9.59 Å². The molecule has 0 heterocycles. The van der Waals surface area contributed by atoms with Crippen molar-refractivity contribution >= 4 is 17.8 Å². The first kappa shape index (κ1) is 32.2. The van der Waals surface area contributed by atoms with Gasteiger partial charge >= 0.3 is 5.97 Å². The molecule has 0 fully saturated rings. The van der Waals surface area contributed by atoms with Gasteiger partial charge in [0.1, 0.15) is 11.8 Å². The highest BCUT2D eigenvalue weighted by atomic mass is 16.5. The molecule has 0 radical (unpaired) electrons. The Bertz CT molecular complexity index is 961. The summed E-state index contributed by atoms with van der Waals surface area (Å²) >= 11 is 0. The number of hydrogen-bond donors (Lipinski definition) is 3. The van der Waals surface area contributed by atoms with Crippen molar-refractivity contribution in [1.82, 2.24) is 15.5 Å². The van der Waals surface area contributed by atoms with Crippen LogP contribution in [0.3, 0.4) is 0 Å².